The maximum absolute atomic E-state index is 10.7. The van der Waals surface area contributed by atoms with Gasteiger partial charge in [0.25, 0.3) is 11.8 Å². The van der Waals surface area contributed by atoms with Gasteiger partial charge in [0.1, 0.15) is 0 Å². The molecule has 0 fully saturated rings. The van der Waals surface area contributed by atoms with E-state index in [0.717, 1.165) is 4.90 Å². The van der Waals surface area contributed by atoms with Crippen LogP contribution in [-0.4, -0.2) is 35.0 Å². The molecule has 0 aliphatic carbocycles. The van der Waals surface area contributed by atoms with Crippen molar-refractivity contribution in [2.24, 2.45) is 0 Å². The average molecular weight is 197 g/mol. The maximum Gasteiger partial charge on any atom is 0.253 e. The third-order valence-corrected chi connectivity index (χ3v) is 1.22. The van der Waals surface area contributed by atoms with Crippen LogP contribution in [0.4, 0.5) is 0 Å². The summed E-state index contributed by atoms with van der Waals surface area (Å²) < 4.78 is 0. The Morgan fingerprint density at radius 1 is 1.36 bits per heavy atom. The Balaban J connectivity index is 0.000000364. The Labute approximate surface area is 83.5 Å². The van der Waals surface area contributed by atoms with E-state index < -0.39 is 0 Å². The summed E-state index contributed by atoms with van der Waals surface area (Å²) in [5, 5.41) is 8.39. The van der Waals surface area contributed by atoms with E-state index in [9.17, 15) is 9.59 Å². The number of aliphatic hydroxyl groups excluding tert-OH is 1. The molecule has 4 nitrogen and oxygen atoms in total. The predicted molar refractivity (Wildman–Crippen MR) is 53.4 cm³/mol. The van der Waals surface area contributed by atoms with Crippen LogP contribution >= 0.6 is 0 Å². The summed E-state index contributed by atoms with van der Waals surface area (Å²) in [6, 6.07) is 0. The van der Waals surface area contributed by atoms with Crippen LogP contribution in [0.1, 0.15) is 13.8 Å². The molecule has 0 saturated carbocycles. The van der Waals surface area contributed by atoms with Crippen molar-refractivity contribution in [2.75, 3.05) is 13.2 Å². The van der Waals surface area contributed by atoms with Crippen molar-refractivity contribution in [3.05, 3.63) is 24.3 Å². The first-order valence-corrected chi connectivity index (χ1v) is 4.25. The molecule has 14 heavy (non-hydrogen) atoms. The average Bonchev–Trinajstić information content (AvgIpc) is 2.35. The van der Waals surface area contributed by atoms with Crippen LogP contribution in [0.15, 0.2) is 24.3 Å². The van der Waals surface area contributed by atoms with Gasteiger partial charge in [-0.3, -0.25) is 14.5 Å². The van der Waals surface area contributed by atoms with Gasteiger partial charge in [-0.05, 0) is 13.8 Å². The van der Waals surface area contributed by atoms with Crippen LogP contribution in [0.3, 0.4) is 0 Å². The molecule has 1 aliphatic rings. The summed E-state index contributed by atoms with van der Waals surface area (Å²) in [6.45, 7) is 7.41. The Kier molecular flexibility index (Phi) is 5.48. The van der Waals surface area contributed by atoms with Gasteiger partial charge in [-0.1, -0.05) is 5.57 Å². The number of allylic oxidation sites excluding steroid dienone is 1. The van der Waals surface area contributed by atoms with Crippen LogP contribution in [0.25, 0.3) is 0 Å². The van der Waals surface area contributed by atoms with Crippen molar-refractivity contribution in [1.29, 1.82) is 0 Å². The van der Waals surface area contributed by atoms with Gasteiger partial charge in [-0.2, -0.15) is 0 Å². The highest BCUT2D eigenvalue weighted by Gasteiger charge is 2.21. The first-order valence-electron chi connectivity index (χ1n) is 4.25. The van der Waals surface area contributed by atoms with Crippen molar-refractivity contribution >= 4 is 11.8 Å². The molecule has 0 aromatic heterocycles. The van der Waals surface area contributed by atoms with Crippen molar-refractivity contribution in [2.45, 2.75) is 13.8 Å². The molecule has 1 aliphatic heterocycles. The zero-order chi connectivity index (χ0) is 11.1. The molecule has 2 amide bonds. The minimum absolute atomic E-state index is 0.0880. The van der Waals surface area contributed by atoms with Crippen molar-refractivity contribution in [3.63, 3.8) is 0 Å². The molecule has 0 saturated heterocycles. The Morgan fingerprint density at radius 3 is 2.00 bits per heavy atom. The fourth-order valence-electron chi connectivity index (χ4n) is 0.752. The lowest BCUT2D eigenvalue weighted by molar-refractivity contribution is -0.137. The number of rotatable bonds is 2. The number of amides is 2. The molecule has 0 unspecified atom stereocenters. The second-order valence-corrected chi connectivity index (χ2v) is 3.09. The van der Waals surface area contributed by atoms with E-state index in [2.05, 4.69) is 6.58 Å². The summed E-state index contributed by atoms with van der Waals surface area (Å²) in [7, 11) is 0. The Morgan fingerprint density at radius 2 is 1.71 bits per heavy atom. The number of β-amino-alcohol motifs (C(OH)–C–C–N with tert-alkyl or cyclic N) is 1. The van der Waals surface area contributed by atoms with Gasteiger partial charge in [-0.25, -0.2) is 0 Å². The third kappa shape index (κ3) is 4.57. The molecule has 0 radical (unpaired) electrons. The molecule has 4 heteroatoms. The number of nitrogens with zero attached hydrogens (tertiary/aromatic N) is 1. The van der Waals surface area contributed by atoms with Gasteiger partial charge in [-0.15, -0.1) is 6.58 Å². The molecule has 0 bridgehead atoms. The van der Waals surface area contributed by atoms with Crippen LogP contribution in [0.2, 0.25) is 0 Å². The summed E-state index contributed by atoms with van der Waals surface area (Å²) >= 11 is 0. The predicted octanol–water partition coefficient (Wildman–Crippen LogP) is 0.486. The number of aliphatic hydroxyl groups is 1. The van der Waals surface area contributed by atoms with Gasteiger partial charge < -0.3 is 5.11 Å². The second-order valence-electron chi connectivity index (χ2n) is 3.09. The smallest absolute Gasteiger partial charge is 0.253 e. The molecule has 0 spiro atoms. The number of carbonyl (C=O) groups excluding carboxylic acids is 2. The number of hydrogen-bond donors (Lipinski definition) is 1. The Bertz CT molecular complexity index is 247. The van der Waals surface area contributed by atoms with Crippen LogP contribution in [0, 0.1) is 0 Å². The largest absolute Gasteiger partial charge is 0.395 e. The maximum atomic E-state index is 10.7. The molecule has 1 rings (SSSR count). The number of carbonyl (C=O) groups is 2. The highest BCUT2D eigenvalue weighted by Crippen LogP contribution is 2.01. The van der Waals surface area contributed by atoms with Crippen molar-refractivity contribution in [1.82, 2.24) is 4.90 Å². The highest BCUT2D eigenvalue weighted by molar-refractivity contribution is 6.12. The van der Waals surface area contributed by atoms with E-state index in [0.29, 0.717) is 0 Å². The molecular formula is C10H15NO3. The van der Waals surface area contributed by atoms with Crippen molar-refractivity contribution in [3.8, 4) is 0 Å². The quantitative estimate of drug-likeness (QED) is 0.517. The van der Waals surface area contributed by atoms with Crippen molar-refractivity contribution < 1.29 is 14.7 Å². The van der Waals surface area contributed by atoms with E-state index in [1.54, 1.807) is 0 Å². The molecule has 1 heterocycles. The molecule has 0 aromatic carbocycles. The first kappa shape index (κ1) is 12.6. The van der Waals surface area contributed by atoms with Crippen LogP contribution in [-0.2, 0) is 9.59 Å². The zero-order valence-electron chi connectivity index (χ0n) is 8.49. The first-order chi connectivity index (χ1) is 6.49. The second kappa shape index (κ2) is 6.10. The van der Waals surface area contributed by atoms with Gasteiger partial charge in [0, 0.05) is 12.2 Å². The standard InChI is InChI=1S/C6H7NO3.C4H8/c8-4-3-7-5(9)1-2-6(7)10;1-4(2)3/h1-2,8H,3-4H2;1H2,2-3H3. The van der Waals surface area contributed by atoms with E-state index in [-0.39, 0.29) is 25.0 Å². The van der Waals surface area contributed by atoms with Gasteiger partial charge in [0.15, 0.2) is 0 Å². The van der Waals surface area contributed by atoms with Gasteiger partial charge in [0.05, 0.1) is 13.2 Å². The summed E-state index contributed by atoms with van der Waals surface area (Å²) in [6.07, 6.45) is 2.38. The SMILES string of the molecule is C=C(C)C.O=C1C=CC(=O)N1CCO. The Hall–Kier alpha value is -1.42. The molecular weight excluding hydrogens is 182 g/mol. The minimum atomic E-state index is -0.348. The lowest BCUT2D eigenvalue weighted by atomic mass is 10.4. The molecule has 0 atom stereocenters. The normalized spacial score (nSPS) is 14.1. The topological polar surface area (TPSA) is 57.6 Å². The fourth-order valence-corrected chi connectivity index (χ4v) is 0.752. The molecule has 1 N–H and O–H groups in total. The lowest BCUT2D eigenvalue weighted by Crippen LogP contribution is -2.32. The minimum Gasteiger partial charge on any atom is -0.395 e. The van der Waals surface area contributed by atoms with E-state index >= 15 is 0 Å². The highest BCUT2D eigenvalue weighted by atomic mass is 16.3. The van der Waals surface area contributed by atoms with E-state index in [1.165, 1.54) is 17.7 Å². The van der Waals surface area contributed by atoms with Crippen LogP contribution in [0.5, 0.6) is 0 Å². The molecule has 78 valence electrons. The lowest BCUT2D eigenvalue weighted by Gasteiger charge is -2.10. The summed E-state index contributed by atoms with van der Waals surface area (Å²) in [5.41, 5.74) is 1.17. The monoisotopic (exact) mass is 197 g/mol. The number of imide groups is 1. The van der Waals surface area contributed by atoms with E-state index in [1.807, 2.05) is 13.8 Å². The van der Waals surface area contributed by atoms with Gasteiger partial charge >= 0.3 is 0 Å². The summed E-state index contributed by atoms with van der Waals surface area (Å²) in [5.74, 6) is -0.696. The zero-order valence-corrected chi connectivity index (χ0v) is 8.49. The molecule has 0 aromatic rings. The van der Waals surface area contributed by atoms with Gasteiger partial charge in [0.2, 0.25) is 0 Å². The fraction of sp³-hybridized carbons (Fsp3) is 0.400. The summed E-state index contributed by atoms with van der Waals surface area (Å²) in [4.78, 5) is 22.3. The number of hydrogen-bond acceptors (Lipinski definition) is 3. The van der Waals surface area contributed by atoms with Crippen LogP contribution < -0.4 is 0 Å². The third-order valence-electron chi connectivity index (χ3n) is 1.22. The van der Waals surface area contributed by atoms with E-state index in [4.69, 9.17) is 5.11 Å².